The second kappa shape index (κ2) is 5.69. The summed E-state index contributed by atoms with van der Waals surface area (Å²) in [6, 6.07) is 2.95. The first kappa shape index (κ1) is 15.3. The van der Waals surface area contributed by atoms with Crippen LogP contribution in [0.25, 0.3) is 0 Å². The number of halogens is 4. The van der Waals surface area contributed by atoms with Crippen molar-refractivity contribution < 1.29 is 22.7 Å². The molecule has 1 aromatic rings. The molecule has 20 heavy (non-hydrogen) atoms. The van der Waals surface area contributed by atoms with Crippen LogP contribution in [0.5, 0.6) is 0 Å². The van der Waals surface area contributed by atoms with Gasteiger partial charge in [0.05, 0.1) is 11.2 Å². The summed E-state index contributed by atoms with van der Waals surface area (Å²) in [5, 5.41) is 13.0. The minimum Gasteiger partial charge on any atom is -0.389 e. The number of nitrogens with one attached hydrogen (secondary N) is 1. The van der Waals surface area contributed by atoms with E-state index < -0.39 is 23.2 Å². The van der Waals surface area contributed by atoms with Gasteiger partial charge in [0.1, 0.15) is 5.82 Å². The summed E-state index contributed by atoms with van der Waals surface area (Å²) < 4.78 is 50.8. The van der Waals surface area contributed by atoms with Crippen LogP contribution >= 0.6 is 0 Å². The first-order valence-corrected chi connectivity index (χ1v) is 6.59. The molecule has 0 atom stereocenters. The van der Waals surface area contributed by atoms with Crippen molar-refractivity contribution >= 4 is 0 Å². The first-order chi connectivity index (χ1) is 9.30. The van der Waals surface area contributed by atoms with E-state index in [4.69, 9.17) is 0 Å². The molecule has 1 saturated carbocycles. The van der Waals surface area contributed by atoms with Crippen molar-refractivity contribution in [1.82, 2.24) is 5.32 Å². The van der Waals surface area contributed by atoms with Gasteiger partial charge in [0.15, 0.2) is 0 Å². The van der Waals surface area contributed by atoms with Gasteiger partial charge in [-0.1, -0.05) is 18.9 Å². The van der Waals surface area contributed by atoms with E-state index >= 15 is 0 Å². The molecule has 0 radical (unpaired) electrons. The molecule has 2 N–H and O–H groups in total. The van der Waals surface area contributed by atoms with Crippen LogP contribution in [0.3, 0.4) is 0 Å². The Morgan fingerprint density at radius 2 is 1.85 bits per heavy atom. The Hall–Kier alpha value is -1.14. The minimum atomic E-state index is -4.69. The minimum absolute atomic E-state index is 0.172. The van der Waals surface area contributed by atoms with Crippen molar-refractivity contribution in [2.45, 2.75) is 44.0 Å². The highest BCUT2D eigenvalue weighted by Gasteiger charge is 2.34. The zero-order valence-corrected chi connectivity index (χ0v) is 10.9. The molecular formula is C14H17F4NO. The van der Waals surface area contributed by atoms with Crippen molar-refractivity contribution in [3.8, 4) is 0 Å². The predicted molar refractivity (Wildman–Crippen MR) is 66.5 cm³/mol. The van der Waals surface area contributed by atoms with E-state index in [-0.39, 0.29) is 6.54 Å². The third kappa shape index (κ3) is 3.70. The largest absolute Gasteiger partial charge is 0.419 e. The molecule has 1 fully saturated rings. The van der Waals surface area contributed by atoms with Gasteiger partial charge in [-0.25, -0.2) is 4.39 Å². The maximum atomic E-state index is 13.1. The van der Waals surface area contributed by atoms with Gasteiger partial charge in [-0.05, 0) is 30.5 Å². The Labute approximate surface area is 114 Å². The number of hydrogen-bond donors (Lipinski definition) is 2. The smallest absolute Gasteiger partial charge is 0.389 e. The first-order valence-electron chi connectivity index (χ1n) is 6.59. The maximum Gasteiger partial charge on any atom is 0.419 e. The molecule has 112 valence electrons. The number of aliphatic hydroxyl groups is 1. The average molecular weight is 291 g/mol. The number of hydrogen-bond acceptors (Lipinski definition) is 2. The second-order valence-corrected chi connectivity index (χ2v) is 5.35. The Bertz CT molecular complexity index is 467. The molecule has 2 nitrogen and oxygen atoms in total. The van der Waals surface area contributed by atoms with Gasteiger partial charge >= 0.3 is 6.18 Å². The summed E-state index contributed by atoms with van der Waals surface area (Å²) in [7, 11) is 0. The SMILES string of the molecule is OC1(CNCc2ccc(F)c(C(F)(F)F)c2)CCCC1. The van der Waals surface area contributed by atoms with Gasteiger partial charge in [-0.2, -0.15) is 13.2 Å². The lowest BCUT2D eigenvalue weighted by Gasteiger charge is -2.22. The highest BCUT2D eigenvalue weighted by Crippen LogP contribution is 2.32. The standard InChI is InChI=1S/C14H17F4NO/c15-12-4-3-10(7-11(12)14(16,17)18)8-19-9-13(20)5-1-2-6-13/h3-4,7,19-20H,1-2,5-6,8-9H2. The van der Waals surface area contributed by atoms with E-state index in [1.807, 2.05) is 0 Å². The Balaban J connectivity index is 1.96. The van der Waals surface area contributed by atoms with Gasteiger partial charge in [-0.15, -0.1) is 0 Å². The number of alkyl halides is 3. The molecule has 0 aromatic heterocycles. The fraction of sp³-hybridized carbons (Fsp3) is 0.571. The third-order valence-electron chi connectivity index (χ3n) is 3.65. The van der Waals surface area contributed by atoms with Crippen molar-refractivity contribution in [2.75, 3.05) is 6.54 Å². The summed E-state index contributed by atoms with van der Waals surface area (Å²) in [4.78, 5) is 0. The van der Waals surface area contributed by atoms with E-state index in [1.165, 1.54) is 6.07 Å². The topological polar surface area (TPSA) is 32.3 Å². The van der Waals surface area contributed by atoms with Gasteiger partial charge < -0.3 is 10.4 Å². The molecule has 1 aliphatic carbocycles. The molecule has 0 amide bonds. The molecule has 6 heteroatoms. The molecule has 0 bridgehead atoms. The molecule has 1 aliphatic rings. The van der Waals surface area contributed by atoms with Crippen LogP contribution in [0.15, 0.2) is 18.2 Å². The van der Waals surface area contributed by atoms with E-state index in [1.54, 1.807) is 0 Å². The molecule has 2 rings (SSSR count). The molecule has 0 unspecified atom stereocenters. The lowest BCUT2D eigenvalue weighted by atomic mass is 10.0. The average Bonchev–Trinajstić information content (AvgIpc) is 2.77. The van der Waals surface area contributed by atoms with Gasteiger partial charge in [0.2, 0.25) is 0 Å². The van der Waals surface area contributed by atoms with Gasteiger partial charge in [0.25, 0.3) is 0 Å². The van der Waals surface area contributed by atoms with Gasteiger partial charge in [-0.3, -0.25) is 0 Å². The highest BCUT2D eigenvalue weighted by molar-refractivity contribution is 5.27. The molecule has 1 aromatic carbocycles. The van der Waals surface area contributed by atoms with E-state index in [9.17, 15) is 22.7 Å². The lowest BCUT2D eigenvalue weighted by molar-refractivity contribution is -0.140. The molecular weight excluding hydrogens is 274 g/mol. The third-order valence-corrected chi connectivity index (χ3v) is 3.65. The number of benzene rings is 1. The van der Waals surface area contributed by atoms with Crippen LogP contribution in [0.1, 0.15) is 36.8 Å². The lowest BCUT2D eigenvalue weighted by Crippen LogP contribution is -2.37. The molecule has 0 aliphatic heterocycles. The zero-order chi connectivity index (χ0) is 14.8. The summed E-state index contributed by atoms with van der Waals surface area (Å²) in [6.45, 7) is 0.511. The molecule has 0 heterocycles. The summed E-state index contributed by atoms with van der Waals surface area (Å²) in [5.74, 6) is -1.27. The fourth-order valence-corrected chi connectivity index (χ4v) is 2.55. The van der Waals surface area contributed by atoms with Gasteiger partial charge in [0, 0.05) is 13.1 Å². The van der Waals surface area contributed by atoms with E-state index in [0.29, 0.717) is 24.9 Å². The quantitative estimate of drug-likeness (QED) is 0.835. The van der Waals surface area contributed by atoms with Crippen LogP contribution in [0.4, 0.5) is 17.6 Å². The monoisotopic (exact) mass is 291 g/mol. The highest BCUT2D eigenvalue weighted by atomic mass is 19.4. The molecule has 0 saturated heterocycles. The number of rotatable bonds is 4. The van der Waals surface area contributed by atoms with Crippen molar-refractivity contribution in [1.29, 1.82) is 0 Å². The summed E-state index contributed by atoms with van der Waals surface area (Å²) in [5.41, 5.74) is -1.66. The van der Waals surface area contributed by atoms with Crippen molar-refractivity contribution in [3.05, 3.63) is 35.1 Å². The van der Waals surface area contributed by atoms with Crippen LogP contribution in [-0.4, -0.2) is 17.3 Å². The van der Waals surface area contributed by atoms with Crippen LogP contribution in [0.2, 0.25) is 0 Å². The van der Waals surface area contributed by atoms with Crippen LogP contribution < -0.4 is 5.32 Å². The second-order valence-electron chi connectivity index (χ2n) is 5.35. The van der Waals surface area contributed by atoms with Crippen LogP contribution in [0, 0.1) is 5.82 Å². The van der Waals surface area contributed by atoms with Crippen molar-refractivity contribution in [2.24, 2.45) is 0 Å². The maximum absolute atomic E-state index is 13.1. The predicted octanol–water partition coefficient (Wildman–Crippen LogP) is 3.24. The van der Waals surface area contributed by atoms with Crippen LogP contribution in [-0.2, 0) is 12.7 Å². The summed E-state index contributed by atoms with van der Waals surface area (Å²) >= 11 is 0. The van der Waals surface area contributed by atoms with Crippen molar-refractivity contribution in [3.63, 3.8) is 0 Å². The van der Waals surface area contributed by atoms with E-state index in [2.05, 4.69) is 5.32 Å². The Morgan fingerprint density at radius 3 is 2.45 bits per heavy atom. The summed E-state index contributed by atoms with van der Waals surface area (Å²) in [6.07, 6.45) is -1.35. The normalized spacial score (nSPS) is 18.4. The van der Waals surface area contributed by atoms with E-state index in [0.717, 1.165) is 25.0 Å². The zero-order valence-electron chi connectivity index (χ0n) is 10.9. The molecule has 0 spiro atoms. The Kier molecular flexibility index (Phi) is 4.34. The Morgan fingerprint density at radius 1 is 1.20 bits per heavy atom. The fourth-order valence-electron chi connectivity index (χ4n) is 2.55.